The van der Waals surface area contributed by atoms with Gasteiger partial charge in [-0.25, -0.2) is 0 Å². The molecule has 4 nitrogen and oxygen atoms in total. The van der Waals surface area contributed by atoms with E-state index in [4.69, 9.17) is 9.15 Å². The van der Waals surface area contributed by atoms with Gasteiger partial charge in [0.15, 0.2) is 0 Å². The molecule has 0 unspecified atom stereocenters. The molecule has 0 spiro atoms. The van der Waals surface area contributed by atoms with Crippen molar-refractivity contribution in [1.29, 1.82) is 0 Å². The first-order valence-corrected chi connectivity index (χ1v) is 5.58. The van der Waals surface area contributed by atoms with Gasteiger partial charge in [-0.1, -0.05) is 22.0 Å². The summed E-state index contributed by atoms with van der Waals surface area (Å²) in [7, 11) is 1.66. The lowest BCUT2D eigenvalue weighted by molar-refractivity contribution is 0.184. The molecular weight excluding hydrogens is 272 g/mol. The van der Waals surface area contributed by atoms with Crippen LogP contribution in [0, 0.1) is 6.92 Å². The molecule has 1 heterocycles. The maximum atomic E-state index is 5.41. The third kappa shape index (κ3) is 2.15. The van der Waals surface area contributed by atoms with E-state index >= 15 is 0 Å². The summed E-state index contributed by atoms with van der Waals surface area (Å²) in [5.74, 6) is 1.07. The summed E-state index contributed by atoms with van der Waals surface area (Å²) in [5, 5.41) is 7.83. The van der Waals surface area contributed by atoms with Gasteiger partial charge < -0.3 is 9.15 Å². The molecule has 0 aliphatic carbocycles. The largest absolute Gasteiger partial charge is 0.421 e. The van der Waals surface area contributed by atoms with Gasteiger partial charge in [-0.15, -0.1) is 10.2 Å². The molecule has 1 aromatic heterocycles. The van der Waals surface area contributed by atoms with Crippen LogP contribution in [0.4, 0.5) is 0 Å². The van der Waals surface area contributed by atoms with E-state index in [0.717, 1.165) is 15.6 Å². The highest BCUT2D eigenvalue weighted by Crippen LogP contribution is 2.29. The number of ether oxygens (including phenoxy) is 1. The molecular formula is C11H11BrN2O2. The van der Waals surface area contributed by atoms with Crippen LogP contribution in [0.25, 0.3) is 11.5 Å². The van der Waals surface area contributed by atoms with E-state index < -0.39 is 0 Å². The minimum atomic E-state index is 0.498. The van der Waals surface area contributed by atoms with Crippen LogP contribution >= 0.6 is 15.9 Å². The van der Waals surface area contributed by atoms with Gasteiger partial charge in [0.05, 0.1) is 6.61 Å². The molecule has 0 aliphatic heterocycles. The maximum Gasteiger partial charge on any atom is 0.248 e. The lowest BCUT2D eigenvalue weighted by Crippen LogP contribution is -1.93. The molecule has 1 aromatic carbocycles. The third-order valence-electron chi connectivity index (χ3n) is 2.16. The van der Waals surface area contributed by atoms with Crippen LogP contribution in [-0.2, 0) is 11.3 Å². The van der Waals surface area contributed by atoms with Gasteiger partial charge in [0.25, 0.3) is 0 Å². The van der Waals surface area contributed by atoms with Crippen LogP contribution in [0.1, 0.15) is 11.5 Å². The van der Waals surface area contributed by atoms with Gasteiger partial charge in [0.1, 0.15) is 0 Å². The van der Waals surface area contributed by atoms with E-state index in [0.29, 0.717) is 18.4 Å². The molecule has 0 atom stereocenters. The summed E-state index contributed by atoms with van der Waals surface area (Å²) in [5.41, 5.74) is 1.91. The van der Waals surface area contributed by atoms with Gasteiger partial charge in [-0.05, 0) is 12.1 Å². The number of hydrogen-bond donors (Lipinski definition) is 0. The zero-order chi connectivity index (χ0) is 11.5. The Morgan fingerprint density at radius 3 is 2.81 bits per heavy atom. The Bertz CT molecular complexity index is 496. The molecule has 0 saturated heterocycles. The summed E-state index contributed by atoms with van der Waals surface area (Å²) in [6.45, 7) is 2.27. The minimum absolute atomic E-state index is 0.498. The monoisotopic (exact) mass is 282 g/mol. The molecule has 16 heavy (non-hydrogen) atoms. The first-order chi connectivity index (χ1) is 7.72. The van der Waals surface area contributed by atoms with Gasteiger partial charge in [-0.2, -0.15) is 0 Å². The molecule has 0 fully saturated rings. The normalized spacial score (nSPS) is 10.7. The molecule has 0 N–H and O–H groups in total. The SMILES string of the molecule is COCc1c(Br)cccc1-c1nnc(C)o1. The lowest BCUT2D eigenvalue weighted by atomic mass is 10.1. The fraction of sp³-hybridized carbons (Fsp3) is 0.273. The van der Waals surface area contributed by atoms with Crippen molar-refractivity contribution < 1.29 is 9.15 Å². The van der Waals surface area contributed by atoms with Gasteiger partial charge >= 0.3 is 0 Å². The molecule has 0 amide bonds. The van der Waals surface area contributed by atoms with E-state index in [9.17, 15) is 0 Å². The predicted molar refractivity (Wildman–Crippen MR) is 62.9 cm³/mol. The van der Waals surface area contributed by atoms with Crippen LogP contribution < -0.4 is 0 Å². The number of aryl methyl sites for hydroxylation is 1. The van der Waals surface area contributed by atoms with Crippen LogP contribution in [0.15, 0.2) is 27.1 Å². The van der Waals surface area contributed by atoms with E-state index in [-0.39, 0.29) is 0 Å². The van der Waals surface area contributed by atoms with Crippen molar-refractivity contribution in [3.05, 3.63) is 34.1 Å². The highest BCUT2D eigenvalue weighted by Gasteiger charge is 2.13. The second-order valence-electron chi connectivity index (χ2n) is 3.33. The van der Waals surface area contributed by atoms with E-state index in [2.05, 4.69) is 26.1 Å². The Labute approximate surface area is 102 Å². The molecule has 0 saturated carbocycles. The van der Waals surface area contributed by atoms with E-state index in [1.165, 1.54) is 0 Å². The minimum Gasteiger partial charge on any atom is -0.421 e. The molecule has 0 radical (unpaired) electrons. The predicted octanol–water partition coefficient (Wildman–Crippen LogP) is 2.95. The molecule has 2 rings (SSSR count). The zero-order valence-corrected chi connectivity index (χ0v) is 10.6. The highest BCUT2D eigenvalue weighted by molar-refractivity contribution is 9.10. The second-order valence-corrected chi connectivity index (χ2v) is 4.18. The smallest absolute Gasteiger partial charge is 0.248 e. The van der Waals surface area contributed by atoms with Crippen molar-refractivity contribution in [2.45, 2.75) is 13.5 Å². The molecule has 2 aromatic rings. The average Bonchev–Trinajstić information content (AvgIpc) is 2.68. The Kier molecular flexibility index (Phi) is 3.36. The van der Waals surface area contributed by atoms with Gasteiger partial charge in [0.2, 0.25) is 11.8 Å². The standard InChI is InChI=1S/C11H11BrN2O2/c1-7-13-14-11(16-7)8-4-3-5-10(12)9(8)6-15-2/h3-5H,6H2,1-2H3. The third-order valence-corrected chi connectivity index (χ3v) is 2.91. The Balaban J connectivity index is 2.51. The van der Waals surface area contributed by atoms with Crippen LogP contribution in [0.3, 0.4) is 0 Å². The van der Waals surface area contributed by atoms with Crippen molar-refractivity contribution in [3.8, 4) is 11.5 Å². The number of aromatic nitrogens is 2. The molecule has 0 aliphatic rings. The number of rotatable bonds is 3. The number of methoxy groups -OCH3 is 1. The number of nitrogens with zero attached hydrogens (tertiary/aromatic N) is 2. The topological polar surface area (TPSA) is 48.2 Å². The summed E-state index contributed by atoms with van der Waals surface area (Å²) in [6, 6.07) is 5.82. The second kappa shape index (κ2) is 4.76. The Morgan fingerprint density at radius 2 is 2.19 bits per heavy atom. The Morgan fingerprint density at radius 1 is 1.38 bits per heavy atom. The fourth-order valence-electron chi connectivity index (χ4n) is 1.46. The van der Waals surface area contributed by atoms with Crippen molar-refractivity contribution in [1.82, 2.24) is 10.2 Å². The molecule has 84 valence electrons. The van der Waals surface area contributed by atoms with Crippen LogP contribution in [0.5, 0.6) is 0 Å². The molecule has 0 bridgehead atoms. The summed E-state index contributed by atoms with van der Waals surface area (Å²) >= 11 is 3.48. The summed E-state index contributed by atoms with van der Waals surface area (Å²) < 4.78 is 11.5. The number of halogens is 1. The van der Waals surface area contributed by atoms with Crippen molar-refractivity contribution in [2.75, 3.05) is 7.11 Å². The summed E-state index contributed by atoms with van der Waals surface area (Å²) in [4.78, 5) is 0. The Hall–Kier alpha value is -1.20. The average molecular weight is 283 g/mol. The van der Waals surface area contributed by atoms with Crippen LogP contribution in [-0.4, -0.2) is 17.3 Å². The van der Waals surface area contributed by atoms with Gasteiger partial charge in [0, 0.05) is 29.6 Å². The summed E-state index contributed by atoms with van der Waals surface area (Å²) in [6.07, 6.45) is 0. The zero-order valence-electron chi connectivity index (χ0n) is 9.03. The highest BCUT2D eigenvalue weighted by atomic mass is 79.9. The quantitative estimate of drug-likeness (QED) is 0.869. The van der Waals surface area contributed by atoms with E-state index in [1.807, 2.05) is 18.2 Å². The van der Waals surface area contributed by atoms with Crippen LogP contribution in [0.2, 0.25) is 0 Å². The van der Waals surface area contributed by atoms with Crippen molar-refractivity contribution in [2.24, 2.45) is 0 Å². The van der Waals surface area contributed by atoms with Gasteiger partial charge in [-0.3, -0.25) is 0 Å². The fourth-order valence-corrected chi connectivity index (χ4v) is 1.94. The van der Waals surface area contributed by atoms with E-state index in [1.54, 1.807) is 14.0 Å². The first kappa shape index (κ1) is 11.3. The number of hydrogen-bond acceptors (Lipinski definition) is 4. The van der Waals surface area contributed by atoms with Crippen molar-refractivity contribution >= 4 is 15.9 Å². The molecule has 5 heteroatoms. The van der Waals surface area contributed by atoms with Crippen molar-refractivity contribution in [3.63, 3.8) is 0 Å². The maximum absolute atomic E-state index is 5.41. The first-order valence-electron chi connectivity index (χ1n) is 4.79. The lowest BCUT2D eigenvalue weighted by Gasteiger charge is -2.07. The number of benzene rings is 1.